The highest BCUT2D eigenvalue weighted by atomic mass is 32.2. The van der Waals surface area contributed by atoms with Crippen LogP contribution in [0.5, 0.6) is 0 Å². The molecule has 0 amide bonds. The molecule has 0 aromatic heterocycles. The molecule has 0 N–H and O–H groups in total. The van der Waals surface area contributed by atoms with Gasteiger partial charge in [-0.15, -0.1) is 0 Å². The minimum Gasteiger partial charge on any atom is -0.460 e. The fraction of sp³-hybridized carbons (Fsp3) is 0.733. The Kier molecular flexibility index (Phi) is 4.65. The van der Waals surface area contributed by atoms with Crippen LogP contribution in [0.15, 0.2) is 12.2 Å². The van der Waals surface area contributed by atoms with Gasteiger partial charge in [-0.05, 0) is 20.3 Å². The third-order valence-corrected chi connectivity index (χ3v) is 6.34. The van der Waals surface area contributed by atoms with E-state index in [1.165, 1.54) is 6.92 Å². The van der Waals surface area contributed by atoms with Crippen LogP contribution in [0.3, 0.4) is 0 Å². The maximum Gasteiger partial charge on any atom is 0.333 e. The van der Waals surface area contributed by atoms with Crippen molar-refractivity contribution in [2.24, 2.45) is 0 Å². The summed E-state index contributed by atoms with van der Waals surface area (Å²) < 4.78 is 50.0. The van der Waals surface area contributed by atoms with Gasteiger partial charge in [0, 0.05) is 5.57 Å². The lowest BCUT2D eigenvalue weighted by molar-refractivity contribution is -0.159. The third kappa shape index (κ3) is 3.19. The van der Waals surface area contributed by atoms with Crippen molar-refractivity contribution >= 4 is 22.1 Å². The van der Waals surface area contributed by atoms with E-state index in [1.54, 1.807) is 6.92 Å². The van der Waals surface area contributed by atoms with Crippen LogP contribution < -0.4 is 0 Å². The first kappa shape index (κ1) is 18.3. The van der Waals surface area contributed by atoms with Crippen molar-refractivity contribution in [3.05, 3.63) is 12.2 Å². The predicted molar refractivity (Wildman–Crippen MR) is 81.9 cm³/mol. The van der Waals surface area contributed by atoms with Crippen LogP contribution >= 0.6 is 0 Å². The summed E-state index contributed by atoms with van der Waals surface area (Å²) in [5.74, 6) is -1.22. The zero-order valence-corrected chi connectivity index (χ0v) is 14.7. The van der Waals surface area contributed by atoms with Crippen LogP contribution in [0.2, 0.25) is 0 Å². The molecular formula is C15H20O9S. The van der Waals surface area contributed by atoms with Gasteiger partial charge in [0.2, 0.25) is 0 Å². The summed E-state index contributed by atoms with van der Waals surface area (Å²) in [7, 11) is -3.67. The van der Waals surface area contributed by atoms with Gasteiger partial charge in [0.05, 0.1) is 6.10 Å². The largest absolute Gasteiger partial charge is 0.460 e. The van der Waals surface area contributed by atoms with E-state index in [0.29, 0.717) is 6.42 Å². The summed E-state index contributed by atoms with van der Waals surface area (Å²) in [6, 6.07) is 0. The lowest BCUT2D eigenvalue weighted by Gasteiger charge is -2.30. The van der Waals surface area contributed by atoms with E-state index in [9.17, 15) is 18.0 Å². The molecule has 5 atom stereocenters. The van der Waals surface area contributed by atoms with Crippen LogP contribution in [0.4, 0.5) is 0 Å². The Hall–Kier alpha value is -1.49. The van der Waals surface area contributed by atoms with Crippen molar-refractivity contribution in [1.82, 2.24) is 0 Å². The number of esters is 2. The quantitative estimate of drug-likeness (QED) is 0.255. The van der Waals surface area contributed by atoms with Crippen LogP contribution in [0.25, 0.3) is 0 Å². The standard InChI is InChI=1S/C15H20O9S/c1-8(2)14(17)21-5-4-20-11(16)7-22-12-9-6-10-13(23-9)15(12,3)24-25(10,18)19/h9-10,12-13H,1,4-7H2,2-3H3. The lowest BCUT2D eigenvalue weighted by atomic mass is 9.83. The van der Waals surface area contributed by atoms with Gasteiger partial charge in [0.15, 0.2) is 0 Å². The van der Waals surface area contributed by atoms with Crippen molar-refractivity contribution in [2.45, 2.75) is 49.4 Å². The second-order valence-electron chi connectivity index (χ2n) is 6.50. The first-order valence-electron chi connectivity index (χ1n) is 7.85. The molecule has 3 rings (SSSR count). The second-order valence-corrected chi connectivity index (χ2v) is 8.26. The van der Waals surface area contributed by atoms with Crippen molar-refractivity contribution in [3.8, 4) is 0 Å². The topological polar surface area (TPSA) is 114 Å². The molecule has 0 radical (unpaired) electrons. The maximum absolute atomic E-state index is 11.9. The summed E-state index contributed by atoms with van der Waals surface area (Å²) in [6.07, 6.45) is -1.38. The summed E-state index contributed by atoms with van der Waals surface area (Å²) in [5.41, 5.74) is -0.868. The highest BCUT2D eigenvalue weighted by molar-refractivity contribution is 7.87. The molecule has 3 heterocycles. The maximum atomic E-state index is 11.9. The van der Waals surface area contributed by atoms with Crippen LogP contribution in [-0.2, 0) is 42.8 Å². The molecule has 9 nitrogen and oxygen atoms in total. The number of hydrogen-bond donors (Lipinski definition) is 0. The second kappa shape index (κ2) is 6.35. The van der Waals surface area contributed by atoms with Gasteiger partial charge in [-0.25, -0.2) is 9.59 Å². The van der Waals surface area contributed by atoms with E-state index in [1.807, 2.05) is 0 Å². The number of ether oxygens (including phenoxy) is 4. The Morgan fingerprint density at radius 3 is 2.64 bits per heavy atom. The van der Waals surface area contributed by atoms with Crippen molar-refractivity contribution in [1.29, 1.82) is 0 Å². The zero-order valence-electron chi connectivity index (χ0n) is 13.9. The average Bonchev–Trinajstić information content (AvgIpc) is 3.09. The number of rotatable bonds is 7. The number of carbonyl (C=O) groups is 2. The molecule has 3 aliphatic heterocycles. The molecule has 10 heteroatoms. The van der Waals surface area contributed by atoms with E-state index in [0.717, 1.165) is 0 Å². The highest BCUT2D eigenvalue weighted by Gasteiger charge is 2.72. The monoisotopic (exact) mass is 376 g/mol. The smallest absolute Gasteiger partial charge is 0.333 e. The van der Waals surface area contributed by atoms with Gasteiger partial charge in [0.1, 0.15) is 42.9 Å². The van der Waals surface area contributed by atoms with E-state index in [2.05, 4.69) is 6.58 Å². The van der Waals surface area contributed by atoms with Gasteiger partial charge in [-0.1, -0.05) is 6.58 Å². The van der Waals surface area contributed by atoms with E-state index >= 15 is 0 Å². The number of carbonyl (C=O) groups excluding carboxylic acids is 2. The summed E-state index contributed by atoms with van der Waals surface area (Å²) in [4.78, 5) is 22.9. The Balaban J connectivity index is 1.45. The molecule has 140 valence electrons. The molecular weight excluding hydrogens is 356 g/mol. The van der Waals surface area contributed by atoms with Gasteiger partial charge in [-0.2, -0.15) is 8.42 Å². The lowest BCUT2D eigenvalue weighted by Crippen LogP contribution is -2.50. The van der Waals surface area contributed by atoms with Crippen molar-refractivity contribution in [3.63, 3.8) is 0 Å². The molecule has 5 unspecified atom stereocenters. The SMILES string of the molecule is C=C(C)C(=O)OCCOC(=O)COC1C2CC3C(O2)C1(C)OS3(=O)=O. The Morgan fingerprint density at radius 1 is 1.28 bits per heavy atom. The van der Waals surface area contributed by atoms with Crippen molar-refractivity contribution < 1.29 is 41.1 Å². The summed E-state index contributed by atoms with van der Waals surface area (Å²) in [6.45, 7) is 5.97. The van der Waals surface area contributed by atoms with E-state index < -0.39 is 51.2 Å². The Labute approximate surface area is 145 Å². The fourth-order valence-electron chi connectivity index (χ4n) is 3.48. The van der Waals surface area contributed by atoms with Crippen LogP contribution in [0.1, 0.15) is 20.3 Å². The average molecular weight is 376 g/mol. The molecule has 0 saturated carbocycles. The van der Waals surface area contributed by atoms with Gasteiger partial charge in [0.25, 0.3) is 10.1 Å². The highest BCUT2D eigenvalue weighted by Crippen LogP contribution is 2.54. The minimum atomic E-state index is -3.67. The number of fused-ring (bicyclic) bond motifs is 1. The molecule has 3 saturated heterocycles. The molecule has 3 aliphatic rings. The molecule has 0 aromatic rings. The van der Waals surface area contributed by atoms with Crippen LogP contribution in [0, 0.1) is 0 Å². The Morgan fingerprint density at radius 2 is 1.96 bits per heavy atom. The first-order chi connectivity index (χ1) is 11.6. The van der Waals surface area contributed by atoms with E-state index in [4.69, 9.17) is 23.1 Å². The summed E-state index contributed by atoms with van der Waals surface area (Å²) in [5, 5.41) is -0.669. The summed E-state index contributed by atoms with van der Waals surface area (Å²) >= 11 is 0. The van der Waals surface area contributed by atoms with Gasteiger partial charge < -0.3 is 18.9 Å². The van der Waals surface area contributed by atoms with E-state index in [-0.39, 0.29) is 25.4 Å². The van der Waals surface area contributed by atoms with Gasteiger partial charge in [-0.3, -0.25) is 4.18 Å². The first-order valence-corrected chi connectivity index (χ1v) is 9.32. The Bertz CT molecular complexity index is 700. The van der Waals surface area contributed by atoms with Gasteiger partial charge >= 0.3 is 11.9 Å². The molecule has 25 heavy (non-hydrogen) atoms. The molecule has 0 aliphatic carbocycles. The molecule has 0 aromatic carbocycles. The molecule has 3 fully saturated rings. The normalized spacial score (nSPS) is 37.0. The number of hydrogen-bond acceptors (Lipinski definition) is 9. The third-order valence-electron chi connectivity index (χ3n) is 4.57. The van der Waals surface area contributed by atoms with Crippen LogP contribution in [-0.4, -0.2) is 69.3 Å². The van der Waals surface area contributed by atoms with Crippen molar-refractivity contribution in [2.75, 3.05) is 19.8 Å². The minimum absolute atomic E-state index is 0.0879. The zero-order chi connectivity index (χ0) is 18.4. The fourth-order valence-corrected chi connectivity index (χ4v) is 5.35. The predicted octanol–water partition coefficient (Wildman–Crippen LogP) is -0.307. The molecule has 2 bridgehead atoms. The molecule has 0 spiro atoms.